The monoisotopic (exact) mass is 428 g/mol. The Bertz CT molecular complexity index is 916. The van der Waals surface area contributed by atoms with Crippen LogP contribution in [0.15, 0.2) is 24.3 Å². The minimum atomic E-state index is -0.302. The van der Waals surface area contributed by atoms with Crippen molar-refractivity contribution in [1.82, 2.24) is 18.9 Å². The predicted octanol–water partition coefficient (Wildman–Crippen LogP) is 4.21. The number of aromatic nitrogens is 3. The molecule has 8 heteroatoms. The summed E-state index contributed by atoms with van der Waals surface area (Å²) in [5.41, 5.74) is 3.44. The highest BCUT2D eigenvalue weighted by molar-refractivity contribution is 5.94. The van der Waals surface area contributed by atoms with E-state index in [4.69, 9.17) is 9.72 Å². The van der Waals surface area contributed by atoms with Crippen LogP contribution < -0.4 is 0 Å². The van der Waals surface area contributed by atoms with Gasteiger partial charge in [-0.15, -0.1) is 24.8 Å². The van der Waals surface area contributed by atoms with Crippen LogP contribution in [0, 0.1) is 0 Å². The lowest BCUT2D eigenvalue weighted by molar-refractivity contribution is 0.0517. The highest BCUT2D eigenvalue weighted by atomic mass is 35.5. The van der Waals surface area contributed by atoms with Gasteiger partial charge in [-0.3, -0.25) is 4.40 Å². The van der Waals surface area contributed by atoms with Crippen LogP contribution in [0.2, 0.25) is 0 Å². The zero-order valence-corrected chi connectivity index (χ0v) is 18.6. The molecule has 0 saturated heterocycles. The topological polar surface area (TPSA) is 51.8 Å². The number of fused-ring (bicyclic) bond motifs is 3. The van der Waals surface area contributed by atoms with E-state index in [0.29, 0.717) is 18.7 Å². The number of rotatable bonds is 8. The molecule has 2 heterocycles. The third-order valence-corrected chi connectivity index (χ3v) is 4.92. The summed E-state index contributed by atoms with van der Waals surface area (Å²) in [5, 5.41) is 0. The van der Waals surface area contributed by atoms with Crippen molar-refractivity contribution in [1.29, 1.82) is 0 Å². The number of para-hydroxylation sites is 2. The number of carbonyl (C=O) groups is 1. The van der Waals surface area contributed by atoms with E-state index in [2.05, 4.69) is 29.4 Å². The number of hydrogen-bond donors (Lipinski definition) is 0. The molecule has 156 valence electrons. The van der Waals surface area contributed by atoms with E-state index in [1.807, 2.05) is 36.4 Å². The number of likely N-dealkylation sites (N-methyl/N-ethyl adjacent to an activating group) is 1. The summed E-state index contributed by atoms with van der Waals surface area (Å²) >= 11 is 0. The van der Waals surface area contributed by atoms with E-state index in [1.165, 1.54) is 0 Å². The minimum absolute atomic E-state index is 0. The number of imidazole rings is 2. The van der Waals surface area contributed by atoms with Crippen LogP contribution in [0.5, 0.6) is 0 Å². The van der Waals surface area contributed by atoms with Gasteiger partial charge in [-0.1, -0.05) is 32.9 Å². The molecule has 0 aliphatic heterocycles. The first kappa shape index (κ1) is 24.3. The van der Waals surface area contributed by atoms with Crippen LogP contribution in [0.25, 0.3) is 16.8 Å². The number of nitrogens with zero attached hydrogens (tertiary/aromatic N) is 4. The molecule has 1 aromatic carbocycles. The smallest absolute Gasteiger partial charge is 0.357 e. The Morgan fingerprint density at radius 2 is 1.71 bits per heavy atom. The van der Waals surface area contributed by atoms with E-state index in [1.54, 1.807) is 0 Å². The largest absolute Gasteiger partial charge is 0.461 e. The van der Waals surface area contributed by atoms with Gasteiger partial charge in [-0.2, -0.15) is 0 Å². The maximum atomic E-state index is 12.6. The van der Waals surface area contributed by atoms with Gasteiger partial charge in [0.1, 0.15) is 0 Å². The zero-order valence-electron chi connectivity index (χ0n) is 17.0. The van der Waals surface area contributed by atoms with Crippen molar-refractivity contribution in [3.8, 4) is 0 Å². The lowest BCUT2D eigenvalue weighted by Gasteiger charge is -2.18. The number of aryl methyl sites for hydroxylation is 1. The van der Waals surface area contributed by atoms with Crippen molar-refractivity contribution < 1.29 is 9.53 Å². The average Bonchev–Trinajstić information content (AvgIpc) is 3.18. The Morgan fingerprint density at radius 3 is 2.29 bits per heavy atom. The third-order valence-electron chi connectivity index (χ3n) is 4.92. The summed E-state index contributed by atoms with van der Waals surface area (Å²) < 4.78 is 9.50. The van der Waals surface area contributed by atoms with Crippen molar-refractivity contribution in [3.63, 3.8) is 0 Å². The number of carbonyl (C=O) groups excluding carboxylic acids is 1. The molecule has 0 aliphatic carbocycles. The Balaban J connectivity index is 0.00000196. The predicted molar refractivity (Wildman–Crippen MR) is 118 cm³/mol. The number of hydrogen-bond acceptors (Lipinski definition) is 4. The first-order valence-corrected chi connectivity index (χ1v) is 9.54. The third kappa shape index (κ3) is 4.29. The SMILES string of the molecule is CCOC(=O)c1c(CC)nc2n(CCN(CC)CC)c3ccccc3n12.Cl.Cl. The molecule has 0 amide bonds. The second kappa shape index (κ2) is 10.7. The second-order valence-electron chi connectivity index (χ2n) is 6.28. The van der Waals surface area contributed by atoms with Gasteiger partial charge in [-0.25, -0.2) is 9.78 Å². The van der Waals surface area contributed by atoms with Crippen molar-refractivity contribution in [2.24, 2.45) is 0 Å². The number of halogens is 2. The van der Waals surface area contributed by atoms with Crippen molar-refractivity contribution in [3.05, 3.63) is 35.7 Å². The summed E-state index contributed by atoms with van der Waals surface area (Å²) in [6, 6.07) is 8.16. The van der Waals surface area contributed by atoms with Crippen LogP contribution in [0.1, 0.15) is 43.9 Å². The van der Waals surface area contributed by atoms with Crippen LogP contribution >= 0.6 is 24.8 Å². The fourth-order valence-electron chi connectivity index (χ4n) is 3.51. The highest BCUT2D eigenvalue weighted by Crippen LogP contribution is 2.25. The van der Waals surface area contributed by atoms with E-state index >= 15 is 0 Å². The molecule has 0 atom stereocenters. The van der Waals surface area contributed by atoms with Crippen LogP contribution in [-0.4, -0.2) is 51.1 Å². The molecule has 3 rings (SSSR count). The Labute approximate surface area is 178 Å². The quantitative estimate of drug-likeness (QED) is 0.504. The number of esters is 1. The number of benzene rings is 1. The van der Waals surface area contributed by atoms with E-state index in [9.17, 15) is 4.79 Å². The summed E-state index contributed by atoms with van der Waals surface area (Å²) in [6.07, 6.45) is 0.695. The van der Waals surface area contributed by atoms with Gasteiger partial charge in [0.25, 0.3) is 0 Å². The van der Waals surface area contributed by atoms with E-state index in [0.717, 1.165) is 48.7 Å². The van der Waals surface area contributed by atoms with Crippen molar-refractivity contribution >= 4 is 47.6 Å². The summed E-state index contributed by atoms with van der Waals surface area (Å²) in [4.78, 5) is 19.8. The van der Waals surface area contributed by atoms with Gasteiger partial charge in [0, 0.05) is 13.1 Å². The van der Waals surface area contributed by atoms with Gasteiger partial charge < -0.3 is 14.2 Å². The van der Waals surface area contributed by atoms with Gasteiger partial charge >= 0.3 is 5.97 Å². The zero-order chi connectivity index (χ0) is 18.7. The molecule has 2 aromatic heterocycles. The molecular formula is C20H30Cl2N4O2. The lowest BCUT2D eigenvalue weighted by Crippen LogP contribution is -2.27. The van der Waals surface area contributed by atoms with Crippen molar-refractivity contribution in [2.45, 2.75) is 40.7 Å². The molecule has 0 N–H and O–H groups in total. The Morgan fingerprint density at radius 1 is 1.07 bits per heavy atom. The van der Waals surface area contributed by atoms with E-state index < -0.39 is 0 Å². The van der Waals surface area contributed by atoms with Crippen LogP contribution in [0.3, 0.4) is 0 Å². The van der Waals surface area contributed by atoms with Gasteiger partial charge in [-0.05, 0) is 38.6 Å². The van der Waals surface area contributed by atoms with Crippen LogP contribution in [-0.2, 0) is 17.7 Å². The number of ether oxygens (including phenoxy) is 1. The molecule has 0 unspecified atom stereocenters. The normalized spacial score (nSPS) is 10.9. The summed E-state index contributed by atoms with van der Waals surface area (Å²) in [6.45, 7) is 12.4. The lowest BCUT2D eigenvalue weighted by atomic mass is 10.2. The standard InChI is InChI=1S/C20H28N4O2.2ClH/c1-5-15-18(19(25)26-8-4)24-17-12-10-9-11-16(17)23(20(24)21-15)14-13-22(6-2)7-3;;/h9-12H,5-8,13-14H2,1-4H3;2*1H. The molecule has 28 heavy (non-hydrogen) atoms. The maximum absolute atomic E-state index is 12.6. The molecule has 3 aromatic rings. The summed E-state index contributed by atoms with van der Waals surface area (Å²) in [7, 11) is 0. The molecule has 0 saturated carbocycles. The van der Waals surface area contributed by atoms with Crippen LogP contribution in [0.4, 0.5) is 0 Å². The van der Waals surface area contributed by atoms with Gasteiger partial charge in [0.15, 0.2) is 5.69 Å². The van der Waals surface area contributed by atoms with Crippen molar-refractivity contribution in [2.75, 3.05) is 26.2 Å². The highest BCUT2D eigenvalue weighted by Gasteiger charge is 2.24. The first-order valence-electron chi connectivity index (χ1n) is 9.54. The Hall–Kier alpha value is -1.76. The molecular weight excluding hydrogens is 399 g/mol. The molecule has 0 fully saturated rings. The molecule has 6 nitrogen and oxygen atoms in total. The molecule has 0 radical (unpaired) electrons. The summed E-state index contributed by atoms with van der Waals surface area (Å²) in [5.74, 6) is 0.516. The van der Waals surface area contributed by atoms with Gasteiger partial charge in [0.2, 0.25) is 5.78 Å². The van der Waals surface area contributed by atoms with Gasteiger partial charge in [0.05, 0.1) is 23.3 Å². The minimum Gasteiger partial charge on any atom is -0.461 e. The average molecular weight is 429 g/mol. The molecule has 0 spiro atoms. The van der Waals surface area contributed by atoms with E-state index in [-0.39, 0.29) is 30.8 Å². The fraction of sp³-hybridized carbons (Fsp3) is 0.500. The maximum Gasteiger partial charge on any atom is 0.357 e. The first-order chi connectivity index (χ1) is 12.7. The molecule has 0 aliphatic rings. The fourth-order valence-corrected chi connectivity index (χ4v) is 3.51. The Kier molecular flexibility index (Phi) is 9.27. The molecule has 0 bridgehead atoms. The second-order valence-corrected chi connectivity index (χ2v) is 6.28.